The molecule has 0 aliphatic heterocycles. The number of aromatic nitrogens is 1. The summed E-state index contributed by atoms with van der Waals surface area (Å²) in [4.78, 5) is 5.11. The number of nitrogens with one attached hydrogen (secondary N) is 1. The monoisotopic (exact) mass is 451 g/mol. The lowest BCUT2D eigenvalue weighted by Crippen LogP contribution is -2.41. The number of furan rings is 1. The molecule has 0 aromatic carbocycles. The van der Waals surface area contributed by atoms with E-state index in [1.807, 2.05) is 17.5 Å². The van der Waals surface area contributed by atoms with Crippen molar-refractivity contribution in [1.82, 2.24) is 4.98 Å². The van der Waals surface area contributed by atoms with Crippen LogP contribution >= 0.6 is 38.9 Å². The number of hydrogen-bond donors (Lipinski definition) is 3. The number of thiophene rings is 1. The number of aliphatic hydroxyl groups excluding tert-OH is 1. The van der Waals surface area contributed by atoms with Crippen molar-refractivity contribution in [1.29, 1.82) is 0 Å². The molecule has 3 heterocycles. The number of nitrogens with zero attached hydrogens (tertiary/aromatic N) is 1. The Hall–Kier alpha value is -1.26. The van der Waals surface area contributed by atoms with Crippen LogP contribution in [0.5, 0.6) is 0 Å². The molecule has 10 heteroatoms. The number of aliphatic hydroxyl groups is 1. The SMILES string of the molecule is N[C@@H](CO)C(F)(F)c1oc2c(NCc3cccs3)cc(Cl)nc2c1Br. The Labute approximate surface area is 158 Å². The standard InChI is InChI=1S/C15H13BrClF2N3O2S/c16-11-12-13(24-14(11)15(18,19)9(20)6-23)8(4-10(17)22-12)21-5-7-2-1-3-25-7/h1-4,9,23H,5-6,20H2,(H,21,22)/t9-/m0/s1. The first kappa shape index (κ1) is 18.5. The third kappa shape index (κ3) is 3.52. The highest BCUT2D eigenvalue weighted by Gasteiger charge is 2.45. The van der Waals surface area contributed by atoms with Crippen LogP contribution in [0.1, 0.15) is 10.6 Å². The molecular weight excluding hydrogens is 440 g/mol. The number of hydrogen-bond acceptors (Lipinski definition) is 6. The highest BCUT2D eigenvalue weighted by atomic mass is 79.9. The molecule has 4 N–H and O–H groups in total. The van der Waals surface area contributed by atoms with Gasteiger partial charge in [-0.2, -0.15) is 8.78 Å². The van der Waals surface area contributed by atoms with Crippen LogP contribution in [0.3, 0.4) is 0 Å². The molecule has 3 aromatic rings. The topological polar surface area (TPSA) is 84.3 Å². The van der Waals surface area contributed by atoms with Crippen LogP contribution < -0.4 is 11.1 Å². The Kier molecular flexibility index (Phi) is 5.31. The lowest BCUT2D eigenvalue weighted by Gasteiger charge is -2.19. The summed E-state index contributed by atoms with van der Waals surface area (Å²) >= 11 is 10.6. The van der Waals surface area contributed by atoms with Crippen molar-refractivity contribution in [3.8, 4) is 0 Å². The first-order valence-electron chi connectivity index (χ1n) is 7.14. The van der Waals surface area contributed by atoms with E-state index in [9.17, 15) is 8.78 Å². The normalized spacial score (nSPS) is 13.4. The third-order valence-corrected chi connectivity index (χ3v) is 5.36. The van der Waals surface area contributed by atoms with Gasteiger partial charge in [0.15, 0.2) is 11.3 Å². The molecule has 3 aromatic heterocycles. The molecule has 0 saturated carbocycles. The Bertz CT molecular complexity index is 889. The summed E-state index contributed by atoms with van der Waals surface area (Å²) in [6.45, 7) is -0.415. The van der Waals surface area contributed by atoms with E-state index in [0.29, 0.717) is 12.2 Å². The smallest absolute Gasteiger partial charge is 0.322 e. The lowest BCUT2D eigenvalue weighted by atomic mass is 10.1. The van der Waals surface area contributed by atoms with Gasteiger partial charge in [0.1, 0.15) is 10.7 Å². The highest BCUT2D eigenvalue weighted by molar-refractivity contribution is 9.10. The summed E-state index contributed by atoms with van der Waals surface area (Å²) in [5.74, 6) is -4.27. The number of nitrogens with two attached hydrogens (primary N) is 1. The van der Waals surface area contributed by atoms with Gasteiger partial charge in [-0.05, 0) is 27.4 Å². The van der Waals surface area contributed by atoms with E-state index < -0.39 is 24.3 Å². The molecular formula is C15H13BrClF2N3O2S. The van der Waals surface area contributed by atoms with E-state index in [0.717, 1.165) is 4.88 Å². The second kappa shape index (κ2) is 7.16. The molecule has 134 valence electrons. The van der Waals surface area contributed by atoms with Gasteiger partial charge in [-0.25, -0.2) is 4.98 Å². The zero-order valence-electron chi connectivity index (χ0n) is 12.6. The van der Waals surface area contributed by atoms with Gasteiger partial charge in [0.2, 0.25) is 0 Å². The summed E-state index contributed by atoms with van der Waals surface area (Å²) in [6, 6.07) is 3.55. The molecule has 0 radical (unpaired) electrons. The van der Waals surface area contributed by atoms with Gasteiger partial charge in [0, 0.05) is 17.5 Å². The van der Waals surface area contributed by atoms with Crippen molar-refractivity contribution in [3.63, 3.8) is 0 Å². The number of alkyl halides is 2. The van der Waals surface area contributed by atoms with Gasteiger partial charge < -0.3 is 20.6 Å². The molecule has 0 unspecified atom stereocenters. The van der Waals surface area contributed by atoms with E-state index in [4.69, 9.17) is 26.9 Å². The molecule has 0 aliphatic rings. The minimum atomic E-state index is -3.58. The molecule has 1 atom stereocenters. The summed E-state index contributed by atoms with van der Waals surface area (Å²) in [7, 11) is 0. The van der Waals surface area contributed by atoms with E-state index in [2.05, 4.69) is 26.2 Å². The fourth-order valence-corrected chi connectivity index (χ4v) is 3.68. The predicted molar refractivity (Wildman–Crippen MR) is 97.3 cm³/mol. The van der Waals surface area contributed by atoms with Crippen molar-refractivity contribution in [2.75, 3.05) is 11.9 Å². The number of pyridine rings is 1. The van der Waals surface area contributed by atoms with Crippen LogP contribution in [0.25, 0.3) is 11.1 Å². The third-order valence-electron chi connectivity index (χ3n) is 3.55. The fraction of sp³-hybridized carbons (Fsp3) is 0.267. The summed E-state index contributed by atoms with van der Waals surface area (Å²) in [5.41, 5.74) is 6.04. The maximum atomic E-state index is 14.4. The molecule has 5 nitrogen and oxygen atoms in total. The number of halogens is 4. The molecule has 0 bridgehead atoms. The average Bonchev–Trinajstić information content (AvgIpc) is 3.20. The first-order valence-corrected chi connectivity index (χ1v) is 9.19. The Morgan fingerprint density at radius 3 is 2.92 bits per heavy atom. The molecule has 0 amide bonds. The number of fused-ring (bicyclic) bond motifs is 1. The molecule has 25 heavy (non-hydrogen) atoms. The number of anilines is 1. The van der Waals surface area contributed by atoms with Crippen molar-refractivity contribution < 1.29 is 18.3 Å². The van der Waals surface area contributed by atoms with Gasteiger partial charge in [-0.3, -0.25) is 0 Å². The maximum Gasteiger partial charge on any atom is 0.322 e. The van der Waals surface area contributed by atoms with Crippen LogP contribution in [0.15, 0.2) is 32.5 Å². The van der Waals surface area contributed by atoms with Crippen LogP contribution in [0, 0.1) is 0 Å². The van der Waals surface area contributed by atoms with Crippen LogP contribution in [0.2, 0.25) is 5.15 Å². The van der Waals surface area contributed by atoms with Crippen molar-refractivity contribution in [2.45, 2.75) is 18.5 Å². The van der Waals surface area contributed by atoms with Crippen LogP contribution in [-0.4, -0.2) is 22.7 Å². The Balaban J connectivity index is 2.05. The quantitative estimate of drug-likeness (QED) is 0.485. The number of rotatable bonds is 6. The summed E-state index contributed by atoms with van der Waals surface area (Å²) in [5, 5.41) is 14.2. The average molecular weight is 453 g/mol. The minimum absolute atomic E-state index is 0.0435. The second-order valence-electron chi connectivity index (χ2n) is 5.26. The second-order valence-corrected chi connectivity index (χ2v) is 7.47. The predicted octanol–water partition coefficient (Wildman–Crippen LogP) is 4.33. The van der Waals surface area contributed by atoms with Crippen LogP contribution in [-0.2, 0) is 12.5 Å². The maximum absolute atomic E-state index is 14.4. The van der Waals surface area contributed by atoms with Gasteiger partial charge in [0.25, 0.3) is 0 Å². The zero-order valence-corrected chi connectivity index (χ0v) is 15.8. The van der Waals surface area contributed by atoms with Crippen molar-refractivity contribution >= 4 is 55.7 Å². The highest BCUT2D eigenvalue weighted by Crippen LogP contribution is 2.43. The van der Waals surface area contributed by atoms with Gasteiger partial charge in [-0.1, -0.05) is 17.7 Å². The minimum Gasteiger partial charge on any atom is -0.449 e. The molecule has 0 saturated heterocycles. The largest absolute Gasteiger partial charge is 0.449 e. The fourth-order valence-electron chi connectivity index (χ4n) is 2.23. The van der Waals surface area contributed by atoms with Crippen molar-refractivity contribution in [2.24, 2.45) is 5.73 Å². The molecule has 0 fully saturated rings. The zero-order chi connectivity index (χ0) is 18.2. The summed E-state index contributed by atoms with van der Waals surface area (Å²) in [6.07, 6.45) is 0. The Morgan fingerprint density at radius 1 is 1.52 bits per heavy atom. The first-order chi connectivity index (χ1) is 11.8. The lowest BCUT2D eigenvalue weighted by molar-refractivity contribution is -0.0636. The molecule has 0 aliphatic carbocycles. The van der Waals surface area contributed by atoms with Crippen molar-refractivity contribution in [3.05, 3.63) is 43.8 Å². The van der Waals surface area contributed by atoms with E-state index >= 15 is 0 Å². The summed E-state index contributed by atoms with van der Waals surface area (Å²) < 4.78 is 34.1. The van der Waals surface area contributed by atoms with Crippen LogP contribution in [0.4, 0.5) is 14.5 Å². The van der Waals surface area contributed by atoms with Gasteiger partial charge >= 0.3 is 5.92 Å². The Morgan fingerprint density at radius 2 is 2.28 bits per heavy atom. The van der Waals surface area contributed by atoms with Gasteiger partial charge in [0.05, 0.1) is 22.8 Å². The van der Waals surface area contributed by atoms with E-state index in [1.165, 1.54) is 6.07 Å². The van der Waals surface area contributed by atoms with E-state index in [1.54, 1.807) is 11.3 Å². The molecule has 3 rings (SSSR count). The van der Waals surface area contributed by atoms with E-state index in [-0.39, 0.29) is 20.7 Å². The molecule has 0 spiro atoms. The van der Waals surface area contributed by atoms with Gasteiger partial charge in [-0.15, -0.1) is 11.3 Å².